The van der Waals surface area contributed by atoms with E-state index in [1.54, 1.807) is 6.33 Å². The summed E-state index contributed by atoms with van der Waals surface area (Å²) in [4.78, 5) is 4.11. The average Bonchev–Trinajstić information content (AvgIpc) is 3.15. The molecule has 1 aromatic heterocycles. The Labute approximate surface area is 142 Å². The second-order valence-corrected chi connectivity index (χ2v) is 5.63. The van der Waals surface area contributed by atoms with E-state index in [0.717, 1.165) is 37.5 Å². The summed E-state index contributed by atoms with van der Waals surface area (Å²) in [5.74, 6) is 1.84. The number of ether oxygens (including phenoxy) is 1. The Kier molecular flexibility index (Phi) is 5.97. The minimum absolute atomic E-state index is 0.597. The highest BCUT2D eigenvalue weighted by Crippen LogP contribution is 2.14. The molecule has 2 N–H and O–H groups in total. The van der Waals surface area contributed by atoms with Crippen LogP contribution in [0.2, 0.25) is 0 Å². The molecule has 1 heterocycles. The Balaban J connectivity index is 1.35. The standard InChI is InChI=1S/C19H22N4O/c1-2-5-17(6-3-1)14-24-18-10-8-16(9-11-18)13-20-12-4-7-19-21-15-22-23-19/h1-3,5-6,8-11,15,20H,4,7,12-14H2,(H,21,22,23). The van der Waals surface area contributed by atoms with Gasteiger partial charge in [-0.3, -0.25) is 5.10 Å². The highest BCUT2D eigenvalue weighted by Gasteiger charge is 1.98. The van der Waals surface area contributed by atoms with Gasteiger partial charge in [0.1, 0.15) is 24.5 Å². The van der Waals surface area contributed by atoms with Crippen molar-refractivity contribution < 1.29 is 4.74 Å². The molecule has 0 fully saturated rings. The number of hydrogen-bond donors (Lipinski definition) is 2. The van der Waals surface area contributed by atoms with Gasteiger partial charge < -0.3 is 10.1 Å². The van der Waals surface area contributed by atoms with Crippen LogP contribution in [-0.4, -0.2) is 21.7 Å². The first-order valence-electron chi connectivity index (χ1n) is 8.21. The number of nitrogens with one attached hydrogen (secondary N) is 2. The fraction of sp³-hybridized carbons (Fsp3) is 0.263. The largest absolute Gasteiger partial charge is 0.489 e. The Bertz CT molecular complexity index is 696. The lowest BCUT2D eigenvalue weighted by Crippen LogP contribution is -2.15. The molecule has 0 saturated carbocycles. The van der Waals surface area contributed by atoms with Crippen molar-refractivity contribution in [2.75, 3.05) is 6.54 Å². The van der Waals surface area contributed by atoms with Crippen molar-refractivity contribution in [3.8, 4) is 5.75 Å². The van der Waals surface area contributed by atoms with Gasteiger partial charge in [-0.15, -0.1) is 0 Å². The molecule has 24 heavy (non-hydrogen) atoms. The highest BCUT2D eigenvalue weighted by molar-refractivity contribution is 5.27. The fourth-order valence-corrected chi connectivity index (χ4v) is 2.41. The molecule has 124 valence electrons. The summed E-state index contributed by atoms with van der Waals surface area (Å²) in [5.41, 5.74) is 2.43. The van der Waals surface area contributed by atoms with Gasteiger partial charge in [-0.1, -0.05) is 42.5 Å². The van der Waals surface area contributed by atoms with Crippen LogP contribution in [0, 0.1) is 0 Å². The van der Waals surface area contributed by atoms with E-state index in [9.17, 15) is 0 Å². The number of rotatable bonds is 9. The molecule has 0 spiro atoms. The monoisotopic (exact) mass is 322 g/mol. The third-order valence-electron chi connectivity index (χ3n) is 3.73. The van der Waals surface area contributed by atoms with E-state index in [-0.39, 0.29) is 0 Å². The second kappa shape index (κ2) is 8.84. The van der Waals surface area contributed by atoms with Crippen LogP contribution in [-0.2, 0) is 19.6 Å². The zero-order valence-electron chi connectivity index (χ0n) is 13.6. The van der Waals surface area contributed by atoms with Gasteiger partial charge in [0.2, 0.25) is 0 Å². The van der Waals surface area contributed by atoms with Gasteiger partial charge in [-0.05, 0) is 36.2 Å². The summed E-state index contributed by atoms with van der Waals surface area (Å²) in [6.45, 7) is 2.41. The van der Waals surface area contributed by atoms with Gasteiger partial charge in [0.15, 0.2) is 0 Å². The molecule has 0 bridgehead atoms. The van der Waals surface area contributed by atoms with Gasteiger partial charge in [-0.2, -0.15) is 5.10 Å². The van der Waals surface area contributed by atoms with Crippen LogP contribution >= 0.6 is 0 Å². The Morgan fingerprint density at radius 3 is 2.54 bits per heavy atom. The molecule has 5 nitrogen and oxygen atoms in total. The summed E-state index contributed by atoms with van der Waals surface area (Å²) in [7, 11) is 0. The van der Waals surface area contributed by atoms with Crippen LogP contribution in [0.25, 0.3) is 0 Å². The summed E-state index contributed by atoms with van der Waals surface area (Å²) >= 11 is 0. The minimum Gasteiger partial charge on any atom is -0.489 e. The normalized spacial score (nSPS) is 10.7. The molecule has 0 aliphatic carbocycles. The van der Waals surface area contributed by atoms with Crippen molar-refractivity contribution in [3.05, 3.63) is 77.9 Å². The molecule has 5 heteroatoms. The van der Waals surface area contributed by atoms with Gasteiger partial charge >= 0.3 is 0 Å². The number of H-pyrrole nitrogens is 1. The lowest BCUT2D eigenvalue weighted by atomic mass is 10.2. The SMILES string of the molecule is c1ccc(COc2ccc(CNCCCc3ncn[nH]3)cc2)cc1. The van der Waals surface area contributed by atoms with Crippen molar-refractivity contribution in [1.29, 1.82) is 0 Å². The van der Waals surface area contributed by atoms with E-state index in [2.05, 4.69) is 44.8 Å². The molecular weight excluding hydrogens is 300 g/mol. The number of nitrogens with zero attached hydrogens (tertiary/aromatic N) is 2. The maximum absolute atomic E-state index is 5.79. The van der Waals surface area contributed by atoms with Crippen molar-refractivity contribution >= 4 is 0 Å². The topological polar surface area (TPSA) is 62.8 Å². The van der Waals surface area contributed by atoms with E-state index in [1.807, 2.05) is 30.3 Å². The predicted molar refractivity (Wildman–Crippen MR) is 93.6 cm³/mol. The zero-order chi connectivity index (χ0) is 16.5. The van der Waals surface area contributed by atoms with Crippen molar-refractivity contribution in [2.45, 2.75) is 26.0 Å². The molecule has 0 amide bonds. The smallest absolute Gasteiger partial charge is 0.137 e. The average molecular weight is 322 g/mol. The fourth-order valence-electron chi connectivity index (χ4n) is 2.41. The molecule has 2 aromatic carbocycles. The minimum atomic E-state index is 0.597. The number of aromatic amines is 1. The highest BCUT2D eigenvalue weighted by atomic mass is 16.5. The molecule has 0 aliphatic rings. The Morgan fingerprint density at radius 2 is 1.79 bits per heavy atom. The first kappa shape index (κ1) is 16.2. The number of benzene rings is 2. The summed E-state index contributed by atoms with van der Waals surface area (Å²) in [6.07, 6.45) is 3.50. The molecule has 3 rings (SSSR count). The molecule has 3 aromatic rings. The molecule has 0 aliphatic heterocycles. The maximum atomic E-state index is 5.79. The second-order valence-electron chi connectivity index (χ2n) is 5.63. The first-order chi connectivity index (χ1) is 11.9. The van der Waals surface area contributed by atoms with E-state index >= 15 is 0 Å². The van der Waals surface area contributed by atoms with Crippen LogP contribution in [0.15, 0.2) is 60.9 Å². The van der Waals surface area contributed by atoms with Crippen LogP contribution in [0.1, 0.15) is 23.4 Å². The number of aryl methyl sites for hydroxylation is 1. The Hall–Kier alpha value is -2.66. The zero-order valence-corrected chi connectivity index (χ0v) is 13.6. The van der Waals surface area contributed by atoms with Crippen molar-refractivity contribution in [3.63, 3.8) is 0 Å². The summed E-state index contributed by atoms with van der Waals surface area (Å²) < 4.78 is 5.79. The molecule has 0 radical (unpaired) electrons. The molecule has 0 atom stereocenters. The maximum Gasteiger partial charge on any atom is 0.137 e. The van der Waals surface area contributed by atoms with E-state index in [4.69, 9.17) is 4.74 Å². The first-order valence-corrected chi connectivity index (χ1v) is 8.21. The van der Waals surface area contributed by atoms with Crippen molar-refractivity contribution in [2.24, 2.45) is 0 Å². The van der Waals surface area contributed by atoms with Crippen LogP contribution in [0.3, 0.4) is 0 Å². The van der Waals surface area contributed by atoms with Gasteiger partial charge in [0, 0.05) is 13.0 Å². The molecule has 0 unspecified atom stereocenters. The number of aromatic nitrogens is 3. The molecular formula is C19H22N4O. The van der Waals surface area contributed by atoms with Gasteiger partial charge in [0.25, 0.3) is 0 Å². The predicted octanol–water partition coefficient (Wildman–Crippen LogP) is 3.11. The van der Waals surface area contributed by atoms with Crippen LogP contribution < -0.4 is 10.1 Å². The van der Waals surface area contributed by atoms with E-state index in [0.29, 0.717) is 6.61 Å². The Morgan fingerprint density at radius 1 is 0.958 bits per heavy atom. The quantitative estimate of drug-likeness (QED) is 0.594. The lowest BCUT2D eigenvalue weighted by Gasteiger charge is -2.08. The molecule has 0 saturated heterocycles. The summed E-state index contributed by atoms with van der Waals surface area (Å²) in [5, 5.41) is 10.2. The van der Waals surface area contributed by atoms with Gasteiger partial charge in [-0.25, -0.2) is 4.98 Å². The van der Waals surface area contributed by atoms with Crippen molar-refractivity contribution in [1.82, 2.24) is 20.5 Å². The third-order valence-corrected chi connectivity index (χ3v) is 3.73. The third kappa shape index (κ3) is 5.21. The van der Waals surface area contributed by atoms with E-state index < -0.39 is 0 Å². The van der Waals surface area contributed by atoms with Gasteiger partial charge in [0.05, 0.1) is 0 Å². The van der Waals surface area contributed by atoms with E-state index in [1.165, 1.54) is 11.1 Å². The lowest BCUT2D eigenvalue weighted by molar-refractivity contribution is 0.306. The van der Waals surface area contributed by atoms with Crippen LogP contribution in [0.4, 0.5) is 0 Å². The number of hydrogen-bond acceptors (Lipinski definition) is 4. The van der Waals surface area contributed by atoms with Crippen LogP contribution in [0.5, 0.6) is 5.75 Å². The summed E-state index contributed by atoms with van der Waals surface area (Å²) in [6, 6.07) is 18.4.